The van der Waals surface area contributed by atoms with Crippen LogP contribution in [-0.4, -0.2) is 21.5 Å². The summed E-state index contributed by atoms with van der Waals surface area (Å²) in [7, 11) is 0. The minimum atomic E-state index is -0.236. The zero-order chi connectivity index (χ0) is 22.1. The standard InChI is InChI=1S/C24H22ClFN6/c25-16-5-7-22-23(11-16)31-24(30-22)20(13-29-32-27)15-3-1-14(2-4-15)18-9-10-28-21-8-6-17(26)12-19(18)21/h5-12,14-15,20H,1-4,13H2,(H,30,31). The SMILES string of the molecule is [N-]=[N+]=NCC(c1nc2ccc(Cl)cc2[nH]1)C1CCC(c2ccnc3ccc(F)cc23)CC1. The topological polar surface area (TPSA) is 90.3 Å². The number of azide groups is 1. The highest BCUT2D eigenvalue weighted by molar-refractivity contribution is 6.31. The molecular weight excluding hydrogens is 427 g/mol. The monoisotopic (exact) mass is 448 g/mol. The molecule has 1 saturated carbocycles. The van der Waals surface area contributed by atoms with Crippen LogP contribution in [0.4, 0.5) is 4.39 Å². The number of aromatic amines is 1. The van der Waals surface area contributed by atoms with E-state index in [1.807, 2.05) is 30.5 Å². The number of halogens is 2. The molecule has 2 aromatic heterocycles. The van der Waals surface area contributed by atoms with Gasteiger partial charge in [-0.25, -0.2) is 9.37 Å². The molecule has 6 nitrogen and oxygen atoms in total. The second-order valence-corrected chi connectivity index (χ2v) is 8.91. The molecule has 2 heterocycles. The number of hydrogen-bond donors (Lipinski definition) is 1. The summed E-state index contributed by atoms with van der Waals surface area (Å²) < 4.78 is 13.9. The minimum absolute atomic E-state index is 0.0182. The summed E-state index contributed by atoms with van der Waals surface area (Å²) in [6.07, 6.45) is 5.74. The van der Waals surface area contributed by atoms with E-state index in [0.717, 1.165) is 59.0 Å². The van der Waals surface area contributed by atoms with Gasteiger partial charge in [0.1, 0.15) is 11.6 Å². The lowest BCUT2D eigenvalue weighted by molar-refractivity contribution is 0.279. The van der Waals surface area contributed by atoms with Gasteiger partial charge in [0.25, 0.3) is 0 Å². The Morgan fingerprint density at radius 2 is 1.94 bits per heavy atom. The van der Waals surface area contributed by atoms with E-state index in [1.54, 1.807) is 12.1 Å². The van der Waals surface area contributed by atoms with Crippen molar-refractivity contribution in [3.8, 4) is 0 Å². The zero-order valence-corrected chi connectivity index (χ0v) is 18.1. The van der Waals surface area contributed by atoms with Gasteiger partial charge in [0, 0.05) is 34.0 Å². The fourth-order valence-corrected chi connectivity index (χ4v) is 5.26. The van der Waals surface area contributed by atoms with Crippen LogP contribution in [0.3, 0.4) is 0 Å². The first-order chi connectivity index (χ1) is 15.6. The quantitative estimate of drug-likeness (QED) is 0.197. The summed E-state index contributed by atoms with van der Waals surface area (Å²) in [6, 6.07) is 12.4. The van der Waals surface area contributed by atoms with Gasteiger partial charge in [0.15, 0.2) is 0 Å². The molecule has 162 valence electrons. The van der Waals surface area contributed by atoms with E-state index in [2.05, 4.69) is 20.0 Å². The van der Waals surface area contributed by atoms with Gasteiger partial charge in [-0.15, -0.1) is 0 Å². The van der Waals surface area contributed by atoms with Crippen molar-refractivity contribution in [3.63, 3.8) is 0 Å². The van der Waals surface area contributed by atoms with Gasteiger partial charge in [0.05, 0.1) is 16.6 Å². The normalized spacial score (nSPS) is 19.7. The molecule has 0 saturated heterocycles. The maximum absolute atomic E-state index is 13.9. The van der Waals surface area contributed by atoms with Gasteiger partial charge in [0.2, 0.25) is 0 Å². The van der Waals surface area contributed by atoms with Crippen LogP contribution in [-0.2, 0) is 0 Å². The van der Waals surface area contributed by atoms with Crippen molar-refractivity contribution in [2.24, 2.45) is 11.0 Å². The highest BCUT2D eigenvalue weighted by atomic mass is 35.5. The lowest BCUT2D eigenvalue weighted by atomic mass is 9.73. The van der Waals surface area contributed by atoms with Crippen molar-refractivity contribution in [3.05, 3.63) is 81.3 Å². The van der Waals surface area contributed by atoms with Crippen molar-refractivity contribution in [1.29, 1.82) is 0 Å². The van der Waals surface area contributed by atoms with E-state index in [0.29, 0.717) is 23.4 Å². The number of pyridine rings is 1. The molecule has 1 N–H and O–H groups in total. The van der Waals surface area contributed by atoms with E-state index >= 15 is 0 Å². The number of nitrogens with one attached hydrogen (secondary N) is 1. The highest BCUT2D eigenvalue weighted by Crippen LogP contribution is 2.43. The Labute approximate surface area is 189 Å². The van der Waals surface area contributed by atoms with Crippen LogP contribution in [0.15, 0.2) is 53.8 Å². The van der Waals surface area contributed by atoms with E-state index < -0.39 is 0 Å². The first kappa shape index (κ1) is 20.7. The molecule has 1 aliphatic carbocycles. The molecule has 2 aromatic carbocycles. The molecule has 32 heavy (non-hydrogen) atoms. The minimum Gasteiger partial charge on any atom is -0.342 e. The van der Waals surface area contributed by atoms with Gasteiger partial charge < -0.3 is 4.98 Å². The van der Waals surface area contributed by atoms with Gasteiger partial charge in [-0.3, -0.25) is 4.98 Å². The lowest BCUT2D eigenvalue weighted by Gasteiger charge is -2.33. The summed E-state index contributed by atoms with van der Waals surface area (Å²) in [4.78, 5) is 15.5. The summed E-state index contributed by atoms with van der Waals surface area (Å²) in [5.41, 5.74) is 12.7. The number of rotatable bonds is 5. The number of aromatic nitrogens is 3. The zero-order valence-electron chi connectivity index (χ0n) is 17.4. The van der Waals surface area contributed by atoms with E-state index in [4.69, 9.17) is 22.1 Å². The largest absolute Gasteiger partial charge is 0.342 e. The van der Waals surface area contributed by atoms with Crippen molar-refractivity contribution >= 4 is 33.5 Å². The predicted molar refractivity (Wildman–Crippen MR) is 124 cm³/mol. The highest BCUT2D eigenvalue weighted by Gasteiger charge is 2.31. The summed E-state index contributed by atoms with van der Waals surface area (Å²) >= 11 is 6.12. The molecule has 4 aromatic rings. The summed E-state index contributed by atoms with van der Waals surface area (Å²) in [6.45, 7) is 0.364. The molecule has 8 heteroatoms. The van der Waals surface area contributed by atoms with Gasteiger partial charge >= 0.3 is 0 Å². The number of H-pyrrole nitrogens is 1. The fraction of sp³-hybridized carbons (Fsp3) is 0.333. The third-order valence-electron chi connectivity index (χ3n) is 6.67. The van der Waals surface area contributed by atoms with E-state index in [9.17, 15) is 4.39 Å². The van der Waals surface area contributed by atoms with Gasteiger partial charge in [-0.2, -0.15) is 0 Å². The predicted octanol–water partition coefficient (Wildman–Crippen LogP) is 7.27. The molecule has 0 spiro atoms. The maximum atomic E-state index is 13.9. The smallest absolute Gasteiger partial charge is 0.123 e. The third kappa shape index (κ3) is 4.01. The third-order valence-corrected chi connectivity index (χ3v) is 6.91. The average molecular weight is 449 g/mol. The van der Waals surface area contributed by atoms with Crippen molar-refractivity contribution in [1.82, 2.24) is 15.0 Å². The molecule has 1 atom stereocenters. The Bertz CT molecular complexity index is 1320. The first-order valence-corrected chi connectivity index (χ1v) is 11.2. The van der Waals surface area contributed by atoms with Crippen LogP contribution < -0.4 is 0 Å². The Balaban J connectivity index is 1.39. The molecule has 5 rings (SSSR count). The Kier molecular flexibility index (Phi) is 5.68. The van der Waals surface area contributed by atoms with Crippen molar-refractivity contribution < 1.29 is 4.39 Å². The number of fused-ring (bicyclic) bond motifs is 2. The molecule has 0 aliphatic heterocycles. The number of benzene rings is 2. The van der Waals surface area contributed by atoms with Crippen LogP contribution in [0, 0.1) is 11.7 Å². The van der Waals surface area contributed by atoms with Crippen molar-refractivity contribution in [2.45, 2.75) is 37.5 Å². The van der Waals surface area contributed by atoms with Crippen LogP contribution in [0.1, 0.15) is 48.9 Å². The summed E-state index contributed by atoms with van der Waals surface area (Å²) in [5.74, 6) is 1.32. The van der Waals surface area contributed by atoms with Crippen LogP contribution in [0.25, 0.3) is 32.4 Å². The number of imidazole rings is 1. The molecular formula is C24H22ClFN6. The van der Waals surface area contributed by atoms with Crippen LogP contribution in [0.5, 0.6) is 0 Å². The molecule has 0 amide bonds. The first-order valence-electron chi connectivity index (χ1n) is 10.8. The fourth-order valence-electron chi connectivity index (χ4n) is 5.09. The molecule has 0 radical (unpaired) electrons. The summed E-state index contributed by atoms with van der Waals surface area (Å²) in [5, 5.41) is 5.44. The van der Waals surface area contributed by atoms with Crippen LogP contribution >= 0.6 is 11.6 Å². The molecule has 1 aliphatic rings. The lowest BCUT2D eigenvalue weighted by Crippen LogP contribution is -2.22. The van der Waals surface area contributed by atoms with E-state index in [-0.39, 0.29) is 11.7 Å². The van der Waals surface area contributed by atoms with Gasteiger partial charge in [-0.1, -0.05) is 16.7 Å². The maximum Gasteiger partial charge on any atom is 0.123 e. The number of nitrogens with zero attached hydrogens (tertiary/aromatic N) is 5. The second kappa shape index (κ2) is 8.77. The van der Waals surface area contributed by atoms with E-state index in [1.165, 1.54) is 6.07 Å². The van der Waals surface area contributed by atoms with Crippen molar-refractivity contribution in [2.75, 3.05) is 6.54 Å². The molecule has 0 bridgehead atoms. The molecule has 1 unspecified atom stereocenters. The Morgan fingerprint density at radius 3 is 2.75 bits per heavy atom. The van der Waals surface area contributed by atoms with Gasteiger partial charge in [-0.05, 0) is 91.1 Å². The second-order valence-electron chi connectivity index (χ2n) is 8.48. The average Bonchev–Trinajstić information content (AvgIpc) is 3.22. The van der Waals surface area contributed by atoms with Crippen LogP contribution in [0.2, 0.25) is 5.02 Å². The number of hydrogen-bond acceptors (Lipinski definition) is 3. The Hall–Kier alpha value is -3.15. The molecule has 1 fully saturated rings. The Morgan fingerprint density at radius 1 is 1.12 bits per heavy atom.